The van der Waals surface area contributed by atoms with Crippen LogP contribution in [0.2, 0.25) is 5.02 Å². The van der Waals surface area contributed by atoms with Crippen molar-refractivity contribution in [3.8, 4) is 5.75 Å². The highest BCUT2D eigenvalue weighted by molar-refractivity contribution is 7.70. The Hall–Kier alpha value is -5.50. The number of nitrogens with zero attached hydrogens (tertiary/aromatic N) is 6. The van der Waals surface area contributed by atoms with Gasteiger partial charge in [-0.1, -0.05) is 23.7 Å². The van der Waals surface area contributed by atoms with Gasteiger partial charge in [0.05, 0.1) is 35.8 Å². The van der Waals surface area contributed by atoms with E-state index in [1.165, 1.54) is 6.20 Å². The topological polar surface area (TPSA) is 169 Å². The third kappa shape index (κ3) is 8.06. The Balaban J connectivity index is 0.798. The van der Waals surface area contributed by atoms with Crippen LogP contribution in [0.5, 0.6) is 5.75 Å². The number of imide groups is 2. The number of carbonyl (C=O) groups excluding carboxylic acids is 4. The number of piperazine rings is 1. The summed E-state index contributed by atoms with van der Waals surface area (Å²) >= 11 is 6.49. The van der Waals surface area contributed by atoms with Crippen molar-refractivity contribution in [1.29, 1.82) is 0 Å². The highest BCUT2D eigenvalue weighted by Crippen LogP contribution is 2.40. The predicted octanol–water partition coefficient (Wildman–Crippen LogP) is 5.84. The summed E-state index contributed by atoms with van der Waals surface area (Å²) in [5.41, 5.74) is 4.03. The number of benzene rings is 3. The molecule has 0 spiro atoms. The third-order valence-corrected chi connectivity index (χ3v) is 14.6. The van der Waals surface area contributed by atoms with Gasteiger partial charge >= 0.3 is 0 Å². The van der Waals surface area contributed by atoms with Crippen LogP contribution in [0.15, 0.2) is 66.9 Å². The van der Waals surface area contributed by atoms with E-state index in [9.17, 15) is 23.7 Å². The summed E-state index contributed by atoms with van der Waals surface area (Å²) in [5.74, 6) is 0.0193. The molecule has 17 heteroatoms. The first-order chi connectivity index (χ1) is 29.3. The summed E-state index contributed by atoms with van der Waals surface area (Å²) in [6.07, 6.45) is 6.10. The van der Waals surface area contributed by atoms with E-state index in [1.807, 2.05) is 48.5 Å². The maximum atomic E-state index is 13.5. The number of amides is 4. The van der Waals surface area contributed by atoms with Crippen LogP contribution in [-0.4, -0.2) is 115 Å². The lowest BCUT2D eigenvalue weighted by Crippen LogP contribution is -2.63. The second-order valence-corrected chi connectivity index (χ2v) is 20.6. The second-order valence-electron chi connectivity index (χ2n) is 17.0. The van der Waals surface area contributed by atoms with E-state index in [4.69, 9.17) is 16.3 Å². The number of carbonyl (C=O) groups is 4. The van der Waals surface area contributed by atoms with E-state index in [-0.39, 0.29) is 18.7 Å². The third-order valence-electron chi connectivity index (χ3n) is 12.8. The van der Waals surface area contributed by atoms with Gasteiger partial charge in [0.2, 0.25) is 17.8 Å². The molecular weight excluding hydrogens is 817 g/mol. The minimum absolute atomic E-state index is 0.0924. The van der Waals surface area contributed by atoms with Crippen molar-refractivity contribution in [2.45, 2.75) is 56.7 Å². The number of hydrogen-bond donors (Lipinski definition) is 3. The fraction of sp³-hybridized carbons (Fsp3) is 0.409. The van der Waals surface area contributed by atoms with Crippen LogP contribution >= 0.6 is 18.7 Å². The molecule has 6 aliphatic heterocycles. The Morgan fingerprint density at radius 3 is 2.34 bits per heavy atom. The van der Waals surface area contributed by atoms with Crippen molar-refractivity contribution < 1.29 is 28.5 Å². The smallest absolute Gasteiger partial charge is 0.262 e. The number of piperidine rings is 4. The molecule has 3 aromatic carbocycles. The first kappa shape index (κ1) is 40.9. The molecular formula is C44H49ClN9O6P. The normalized spacial score (nSPS) is 22.1. The summed E-state index contributed by atoms with van der Waals surface area (Å²) in [7, 11) is -0.913. The van der Waals surface area contributed by atoms with Crippen molar-refractivity contribution in [3.63, 3.8) is 0 Å². The lowest BCUT2D eigenvalue weighted by Gasteiger charge is -2.53. The minimum Gasteiger partial charge on any atom is -0.494 e. The van der Waals surface area contributed by atoms with E-state index < -0.39 is 30.9 Å². The van der Waals surface area contributed by atoms with Gasteiger partial charge in [0.25, 0.3) is 11.8 Å². The summed E-state index contributed by atoms with van der Waals surface area (Å²) in [5, 5.41) is 9.83. The van der Waals surface area contributed by atoms with Gasteiger partial charge in [-0.25, -0.2) is 4.98 Å². The van der Waals surface area contributed by atoms with E-state index in [0.29, 0.717) is 68.3 Å². The van der Waals surface area contributed by atoms with Gasteiger partial charge in [0.1, 0.15) is 24.0 Å². The van der Waals surface area contributed by atoms with Crippen molar-refractivity contribution in [1.82, 2.24) is 25.1 Å². The number of rotatable bonds is 11. The highest BCUT2D eigenvalue weighted by atomic mass is 35.5. The molecule has 2 bridgehead atoms. The number of hydrogen-bond acceptors (Lipinski definition) is 13. The maximum Gasteiger partial charge on any atom is 0.262 e. The Morgan fingerprint density at radius 1 is 0.852 bits per heavy atom. The molecule has 3 unspecified atom stereocenters. The summed E-state index contributed by atoms with van der Waals surface area (Å²) in [4.78, 5) is 68.5. The van der Waals surface area contributed by atoms with Crippen LogP contribution in [-0.2, 0) is 14.2 Å². The predicted molar refractivity (Wildman–Crippen MR) is 236 cm³/mol. The van der Waals surface area contributed by atoms with Crippen LogP contribution in [0.4, 0.5) is 34.5 Å². The van der Waals surface area contributed by atoms with Crippen molar-refractivity contribution >= 4 is 82.2 Å². The van der Waals surface area contributed by atoms with Crippen molar-refractivity contribution in [2.24, 2.45) is 5.92 Å². The number of nitrogens with one attached hydrogen (secondary N) is 3. The summed E-state index contributed by atoms with van der Waals surface area (Å²) in [6, 6.07) is 18.7. The van der Waals surface area contributed by atoms with Crippen LogP contribution in [0.3, 0.4) is 0 Å². The van der Waals surface area contributed by atoms with Crippen molar-refractivity contribution in [3.05, 3.63) is 83.0 Å². The fourth-order valence-electron chi connectivity index (χ4n) is 9.59. The average Bonchev–Trinajstić information content (AvgIpc) is 3.50. The van der Waals surface area contributed by atoms with Gasteiger partial charge in [-0.15, -0.1) is 0 Å². The zero-order chi connectivity index (χ0) is 42.6. The second kappa shape index (κ2) is 16.4. The Bertz CT molecular complexity index is 2470. The molecule has 7 heterocycles. The molecule has 318 valence electrons. The quantitative estimate of drug-likeness (QED) is 0.122. The van der Waals surface area contributed by atoms with Gasteiger partial charge in [-0.3, -0.25) is 34.3 Å². The zero-order valence-electron chi connectivity index (χ0n) is 34.4. The highest BCUT2D eigenvalue weighted by Gasteiger charge is 2.46. The molecule has 0 aliphatic carbocycles. The SMILES string of the molecule is COc1cc(N2CCC(CN3CC4CCC3CN4c3ccc4c(c3)C(=O)N(C3CCC(=O)NC3=O)C4=O)CC2)ccc1Nc1ncc(Cl)c(Nc2ccccc2P(C)(C)=O)n1. The molecule has 4 aromatic rings. The number of ether oxygens (including phenoxy) is 1. The number of anilines is 6. The van der Waals surface area contributed by atoms with Gasteiger partial charge < -0.3 is 29.7 Å². The van der Waals surface area contributed by atoms with Gasteiger partial charge in [-0.05, 0) is 93.8 Å². The maximum absolute atomic E-state index is 13.5. The van der Waals surface area contributed by atoms with Crippen LogP contribution in [0.1, 0.15) is 59.2 Å². The summed E-state index contributed by atoms with van der Waals surface area (Å²) in [6.45, 7) is 8.18. The molecule has 1 aromatic heterocycles. The average molecular weight is 866 g/mol. The Labute approximate surface area is 359 Å². The molecule has 15 nitrogen and oxygen atoms in total. The molecule has 3 N–H and O–H groups in total. The number of methoxy groups -OCH3 is 1. The number of fused-ring (bicyclic) bond motifs is 4. The van der Waals surface area contributed by atoms with E-state index in [0.717, 1.165) is 74.7 Å². The first-order valence-corrected chi connectivity index (χ1v) is 23.8. The van der Waals surface area contributed by atoms with Gasteiger partial charge in [-0.2, -0.15) is 4.98 Å². The molecule has 3 atom stereocenters. The molecule has 4 amide bonds. The fourth-order valence-corrected chi connectivity index (χ4v) is 10.9. The number of aromatic nitrogens is 2. The minimum atomic E-state index is -2.56. The first-order valence-electron chi connectivity index (χ1n) is 20.8. The molecule has 0 radical (unpaired) electrons. The molecule has 5 fully saturated rings. The number of halogens is 1. The molecule has 5 saturated heterocycles. The molecule has 0 saturated carbocycles. The lowest BCUT2D eigenvalue weighted by atomic mass is 9.87. The summed E-state index contributed by atoms with van der Waals surface area (Å²) < 4.78 is 18.8. The van der Waals surface area contributed by atoms with E-state index in [2.05, 4.69) is 46.7 Å². The Morgan fingerprint density at radius 2 is 1.61 bits per heavy atom. The van der Waals surface area contributed by atoms with Crippen LogP contribution in [0, 0.1) is 5.92 Å². The van der Waals surface area contributed by atoms with Crippen LogP contribution in [0.25, 0.3) is 0 Å². The Kier molecular flexibility index (Phi) is 11.0. The van der Waals surface area contributed by atoms with Crippen molar-refractivity contribution in [2.75, 3.05) is 73.6 Å². The molecule has 10 rings (SSSR count). The van der Waals surface area contributed by atoms with Crippen LogP contribution < -0.4 is 35.8 Å². The van der Waals surface area contributed by atoms with E-state index >= 15 is 0 Å². The monoisotopic (exact) mass is 865 g/mol. The number of para-hydroxylation sites is 1. The molecule has 61 heavy (non-hydrogen) atoms. The largest absolute Gasteiger partial charge is 0.494 e. The zero-order valence-corrected chi connectivity index (χ0v) is 36.0. The standard InChI is InChI=1S/C44H49ClN9O6P/c1-60-37-21-27(11-13-34(37)48-44-46-22-33(45)40(50-44)47-35-6-4-5-7-38(35)61(2,3)59)51-18-16-26(17-19-51)23-52-24-30-9-8-29(52)25-53(30)28-10-12-31-32(20-28)43(58)54(42(31)57)36-14-15-39(55)49-41(36)56/h4-7,10-13,20-22,26,29-30,36H,8-9,14-19,23-25H2,1-3H3,(H,49,55,56)(H2,46,47,48,50). The van der Waals surface area contributed by atoms with Gasteiger partial charge in [0.15, 0.2) is 5.82 Å². The van der Waals surface area contributed by atoms with E-state index in [1.54, 1.807) is 26.5 Å². The lowest BCUT2D eigenvalue weighted by molar-refractivity contribution is -0.136. The van der Waals surface area contributed by atoms with Gasteiger partial charge in [0, 0.05) is 74.0 Å². The molecule has 6 aliphatic rings.